The van der Waals surface area contributed by atoms with Crippen LogP contribution in [0.5, 0.6) is 5.75 Å². The van der Waals surface area contributed by atoms with Gasteiger partial charge in [0, 0.05) is 31.9 Å². The Kier molecular flexibility index (Phi) is 5.44. The Bertz CT molecular complexity index is 453. The Morgan fingerprint density at radius 3 is 2.33 bits per heavy atom. The summed E-state index contributed by atoms with van der Waals surface area (Å²) in [6.07, 6.45) is 1.62. The van der Waals surface area contributed by atoms with E-state index >= 15 is 0 Å². The summed E-state index contributed by atoms with van der Waals surface area (Å²) in [4.78, 5) is 15.7. The van der Waals surface area contributed by atoms with Gasteiger partial charge in [0.1, 0.15) is 11.8 Å². The molecule has 1 aromatic rings. The number of nitrogens with zero attached hydrogens (tertiary/aromatic N) is 2. The molecule has 2 rings (SSSR count). The molecule has 0 aromatic heterocycles. The predicted molar refractivity (Wildman–Crippen MR) is 83.1 cm³/mol. The maximum absolute atomic E-state index is 11.3. The lowest BCUT2D eigenvalue weighted by atomic mass is 10.1. The largest absolute Gasteiger partial charge is 0.497 e. The van der Waals surface area contributed by atoms with Gasteiger partial charge in [-0.05, 0) is 30.7 Å². The minimum atomic E-state index is -0.699. The van der Waals surface area contributed by atoms with Crippen LogP contribution in [0.3, 0.4) is 0 Å². The van der Waals surface area contributed by atoms with Gasteiger partial charge in [-0.1, -0.05) is 13.3 Å². The first-order valence-corrected chi connectivity index (χ1v) is 7.51. The van der Waals surface area contributed by atoms with Crippen molar-refractivity contribution in [2.45, 2.75) is 25.8 Å². The maximum Gasteiger partial charge on any atom is 0.320 e. The van der Waals surface area contributed by atoms with Gasteiger partial charge in [-0.3, -0.25) is 9.69 Å². The number of benzene rings is 1. The summed E-state index contributed by atoms with van der Waals surface area (Å²) in [7, 11) is 1.66. The van der Waals surface area contributed by atoms with Crippen LogP contribution >= 0.6 is 0 Å². The van der Waals surface area contributed by atoms with Crippen LogP contribution in [-0.2, 0) is 4.79 Å². The summed E-state index contributed by atoms with van der Waals surface area (Å²) in [5.41, 5.74) is 1.16. The lowest BCUT2D eigenvalue weighted by molar-refractivity contribution is -0.143. The molecule has 0 aliphatic carbocycles. The number of rotatable bonds is 6. The van der Waals surface area contributed by atoms with E-state index in [-0.39, 0.29) is 6.04 Å². The van der Waals surface area contributed by atoms with Gasteiger partial charge < -0.3 is 14.7 Å². The van der Waals surface area contributed by atoms with Gasteiger partial charge in [0.05, 0.1) is 7.11 Å². The first-order chi connectivity index (χ1) is 10.2. The van der Waals surface area contributed by atoms with Gasteiger partial charge in [0.25, 0.3) is 0 Å². The molecule has 0 bridgehead atoms. The van der Waals surface area contributed by atoms with Crippen LogP contribution in [0.4, 0.5) is 5.69 Å². The molecule has 0 saturated carbocycles. The second kappa shape index (κ2) is 7.31. The van der Waals surface area contributed by atoms with E-state index in [2.05, 4.69) is 21.9 Å². The zero-order valence-electron chi connectivity index (χ0n) is 12.8. The summed E-state index contributed by atoms with van der Waals surface area (Å²) >= 11 is 0. The van der Waals surface area contributed by atoms with E-state index in [0.29, 0.717) is 0 Å². The van der Waals surface area contributed by atoms with Gasteiger partial charge in [-0.15, -0.1) is 0 Å². The third-order valence-corrected chi connectivity index (χ3v) is 4.04. The molecule has 1 aliphatic heterocycles. The Hall–Kier alpha value is -1.75. The van der Waals surface area contributed by atoms with Gasteiger partial charge in [0.15, 0.2) is 0 Å². The monoisotopic (exact) mass is 292 g/mol. The van der Waals surface area contributed by atoms with Crippen LogP contribution in [0.15, 0.2) is 24.3 Å². The lowest BCUT2D eigenvalue weighted by Crippen LogP contribution is -2.52. The number of carboxylic acid groups (broad SMARTS) is 1. The Balaban J connectivity index is 1.94. The van der Waals surface area contributed by atoms with Crippen molar-refractivity contribution in [1.29, 1.82) is 0 Å². The molecule has 1 heterocycles. The molecule has 1 N–H and O–H groups in total. The third kappa shape index (κ3) is 3.88. The molecule has 116 valence electrons. The highest BCUT2D eigenvalue weighted by Gasteiger charge is 2.28. The van der Waals surface area contributed by atoms with E-state index in [1.807, 2.05) is 19.1 Å². The summed E-state index contributed by atoms with van der Waals surface area (Å²) < 4.78 is 5.17. The molecule has 0 radical (unpaired) electrons. The smallest absolute Gasteiger partial charge is 0.320 e. The molecule has 21 heavy (non-hydrogen) atoms. The molecule has 0 amide bonds. The number of hydrogen-bond donors (Lipinski definition) is 1. The Morgan fingerprint density at radius 2 is 1.86 bits per heavy atom. The molecule has 1 saturated heterocycles. The van der Waals surface area contributed by atoms with Crippen molar-refractivity contribution < 1.29 is 14.6 Å². The fourth-order valence-corrected chi connectivity index (χ4v) is 2.82. The van der Waals surface area contributed by atoms with Crippen LogP contribution in [0, 0.1) is 0 Å². The number of hydrogen-bond acceptors (Lipinski definition) is 4. The molecule has 0 spiro atoms. The Labute approximate surface area is 126 Å². The third-order valence-electron chi connectivity index (χ3n) is 4.04. The summed E-state index contributed by atoms with van der Waals surface area (Å²) in [6.45, 7) is 5.34. The van der Waals surface area contributed by atoms with Gasteiger partial charge in [-0.25, -0.2) is 0 Å². The quantitative estimate of drug-likeness (QED) is 0.870. The highest BCUT2D eigenvalue weighted by atomic mass is 16.5. The van der Waals surface area contributed by atoms with Gasteiger partial charge in [0.2, 0.25) is 0 Å². The number of ether oxygens (including phenoxy) is 1. The SMILES string of the molecule is CCCC(C(=O)O)N1CCN(c2ccc(OC)cc2)CC1. The highest BCUT2D eigenvalue weighted by Crippen LogP contribution is 2.21. The number of anilines is 1. The summed E-state index contributed by atoms with van der Waals surface area (Å²) in [5.74, 6) is 0.154. The van der Waals surface area contributed by atoms with Crippen LogP contribution in [0.2, 0.25) is 0 Å². The van der Waals surface area contributed by atoms with E-state index in [4.69, 9.17) is 4.74 Å². The number of carboxylic acids is 1. The normalized spacial score (nSPS) is 17.5. The maximum atomic E-state index is 11.3. The van der Waals surface area contributed by atoms with Crippen molar-refractivity contribution in [3.63, 3.8) is 0 Å². The predicted octanol–water partition coefficient (Wildman–Crippen LogP) is 2.07. The van der Waals surface area contributed by atoms with Crippen LogP contribution in [0.1, 0.15) is 19.8 Å². The van der Waals surface area contributed by atoms with Crippen molar-refractivity contribution in [3.05, 3.63) is 24.3 Å². The fourth-order valence-electron chi connectivity index (χ4n) is 2.82. The van der Waals surface area contributed by atoms with Crippen molar-refractivity contribution in [1.82, 2.24) is 4.90 Å². The fraction of sp³-hybridized carbons (Fsp3) is 0.562. The minimum absolute atomic E-state index is 0.340. The molecule has 1 fully saturated rings. The summed E-state index contributed by atoms with van der Waals surface area (Å²) in [5, 5.41) is 9.33. The lowest BCUT2D eigenvalue weighted by Gasteiger charge is -2.38. The van der Waals surface area contributed by atoms with E-state index in [9.17, 15) is 9.90 Å². The van der Waals surface area contributed by atoms with Crippen LogP contribution in [0.25, 0.3) is 0 Å². The second-order valence-electron chi connectivity index (χ2n) is 5.36. The van der Waals surface area contributed by atoms with E-state index in [1.165, 1.54) is 0 Å². The molecule has 1 unspecified atom stereocenters. The molecule has 5 heteroatoms. The number of methoxy groups -OCH3 is 1. The Morgan fingerprint density at radius 1 is 1.24 bits per heavy atom. The molecular formula is C16H24N2O3. The topological polar surface area (TPSA) is 53.0 Å². The average molecular weight is 292 g/mol. The standard InChI is InChI=1S/C16H24N2O3/c1-3-4-15(16(19)20)18-11-9-17(10-12-18)13-5-7-14(21-2)8-6-13/h5-8,15H,3-4,9-12H2,1-2H3,(H,19,20). The van der Waals surface area contributed by atoms with E-state index in [1.54, 1.807) is 7.11 Å². The van der Waals surface area contributed by atoms with Crippen LogP contribution in [-0.4, -0.2) is 55.3 Å². The highest BCUT2D eigenvalue weighted by molar-refractivity contribution is 5.73. The van der Waals surface area contributed by atoms with Crippen molar-refractivity contribution in [2.75, 3.05) is 38.2 Å². The summed E-state index contributed by atoms with van der Waals surface area (Å²) in [6, 6.07) is 7.68. The molecular weight excluding hydrogens is 268 g/mol. The molecule has 1 atom stereocenters. The van der Waals surface area contributed by atoms with Gasteiger partial charge in [-0.2, -0.15) is 0 Å². The molecule has 1 aliphatic rings. The zero-order chi connectivity index (χ0) is 15.2. The van der Waals surface area contributed by atoms with Gasteiger partial charge >= 0.3 is 5.97 Å². The number of carbonyl (C=O) groups is 1. The first-order valence-electron chi connectivity index (χ1n) is 7.51. The minimum Gasteiger partial charge on any atom is -0.497 e. The average Bonchev–Trinajstić information content (AvgIpc) is 2.53. The van der Waals surface area contributed by atoms with E-state index in [0.717, 1.165) is 50.5 Å². The number of piperazine rings is 1. The zero-order valence-corrected chi connectivity index (χ0v) is 12.8. The van der Waals surface area contributed by atoms with Crippen LogP contribution < -0.4 is 9.64 Å². The molecule has 5 nitrogen and oxygen atoms in total. The number of aliphatic carboxylic acids is 1. The first kappa shape index (κ1) is 15.6. The van der Waals surface area contributed by atoms with Crippen molar-refractivity contribution >= 4 is 11.7 Å². The van der Waals surface area contributed by atoms with E-state index < -0.39 is 5.97 Å². The van der Waals surface area contributed by atoms with Crippen molar-refractivity contribution in [2.24, 2.45) is 0 Å². The second-order valence-corrected chi connectivity index (χ2v) is 5.36. The van der Waals surface area contributed by atoms with Crippen molar-refractivity contribution in [3.8, 4) is 5.75 Å². The molecule has 1 aromatic carbocycles.